The molecule has 0 spiro atoms. The lowest BCUT2D eigenvalue weighted by atomic mass is 10.1. The van der Waals surface area contributed by atoms with E-state index in [1.807, 2.05) is 7.05 Å². The Morgan fingerprint density at radius 2 is 2.00 bits per heavy atom. The van der Waals surface area contributed by atoms with Gasteiger partial charge in [-0.3, -0.25) is 0 Å². The van der Waals surface area contributed by atoms with E-state index < -0.39 is 10.0 Å². The molecule has 0 saturated heterocycles. The first-order valence-electron chi connectivity index (χ1n) is 7.24. The molecule has 1 rings (SSSR count). The molecule has 0 aliphatic carbocycles. The molecule has 2 N–H and O–H groups in total. The van der Waals surface area contributed by atoms with Crippen molar-refractivity contribution in [3.05, 3.63) is 35.4 Å². The predicted octanol–water partition coefficient (Wildman–Crippen LogP) is 1.33. The van der Waals surface area contributed by atoms with Crippen molar-refractivity contribution in [2.24, 2.45) is 0 Å². The van der Waals surface area contributed by atoms with Crippen LogP contribution in [0.4, 0.5) is 0 Å². The van der Waals surface area contributed by atoms with Crippen LogP contribution < -0.4 is 4.72 Å². The summed E-state index contributed by atoms with van der Waals surface area (Å²) in [6.07, 6.45) is 1.04. The third-order valence-electron chi connectivity index (χ3n) is 3.66. The molecule has 21 heavy (non-hydrogen) atoms. The van der Waals surface area contributed by atoms with Crippen molar-refractivity contribution >= 4 is 10.0 Å². The molecular formula is C15H26N2O3S. The molecule has 1 aromatic carbocycles. The summed E-state index contributed by atoms with van der Waals surface area (Å²) >= 11 is 0. The zero-order chi connectivity index (χ0) is 15.9. The van der Waals surface area contributed by atoms with Crippen molar-refractivity contribution in [3.63, 3.8) is 0 Å². The minimum absolute atomic E-state index is 0.0616. The van der Waals surface area contributed by atoms with Crippen LogP contribution in [0.5, 0.6) is 0 Å². The van der Waals surface area contributed by atoms with Gasteiger partial charge in [0.05, 0.1) is 12.4 Å². The second-order valence-electron chi connectivity index (χ2n) is 5.37. The molecular weight excluding hydrogens is 288 g/mol. The number of hydrogen-bond acceptors (Lipinski definition) is 4. The van der Waals surface area contributed by atoms with Gasteiger partial charge in [0.25, 0.3) is 0 Å². The maximum Gasteiger partial charge on any atom is 0.215 e. The number of likely N-dealkylation sites (N-methyl/N-ethyl adjacent to an activating group) is 1. The van der Waals surface area contributed by atoms with Gasteiger partial charge in [-0.25, -0.2) is 13.1 Å². The lowest BCUT2D eigenvalue weighted by Gasteiger charge is -2.23. The van der Waals surface area contributed by atoms with E-state index in [2.05, 4.69) is 23.5 Å². The number of sulfonamides is 1. The van der Waals surface area contributed by atoms with Crippen molar-refractivity contribution in [3.8, 4) is 0 Å². The molecule has 0 heterocycles. The number of nitrogens with one attached hydrogen (secondary N) is 1. The zero-order valence-corrected chi connectivity index (χ0v) is 13.9. The van der Waals surface area contributed by atoms with E-state index in [4.69, 9.17) is 5.11 Å². The summed E-state index contributed by atoms with van der Waals surface area (Å²) in [6.45, 7) is 5.24. The molecule has 0 bridgehead atoms. The summed E-state index contributed by atoms with van der Waals surface area (Å²) in [7, 11) is -1.35. The highest BCUT2D eigenvalue weighted by molar-refractivity contribution is 7.88. The highest BCUT2D eigenvalue weighted by atomic mass is 32.2. The third-order valence-corrected chi connectivity index (χ3v) is 5.02. The van der Waals surface area contributed by atoms with Gasteiger partial charge >= 0.3 is 0 Å². The van der Waals surface area contributed by atoms with Gasteiger partial charge in [-0.2, -0.15) is 0 Å². The second kappa shape index (κ2) is 8.48. The van der Waals surface area contributed by atoms with E-state index in [1.165, 1.54) is 0 Å². The number of aliphatic hydroxyl groups is 1. The molecule has 0 aliphatic rings. The fourth-order valence-electron chi connectivity index (χ4n) is 2.00. The van der Waals surface area contributed by atoms with Crippen LogP contribution in [0.25, 0.3) is 0 Å². The smallest absolute Gasteiger partial charge is 0.215 e. The van der Waals surface area contributed by atoms with Gasteiger partial charge in [0, 0.05) is 19.1 Å². The van der Waals surface area contributed by atoms with Gasteiger partial charge < -0.3 is 10.0 Å². The fourth-order valence-corrected chi connectivity index (χ4v) is 3.12. The highest BCUT2D eigenvalue weighted by Gasteiger charge is 2.13. The minimum atomic E-state index is -3.35. The number of benzene rings is 1. The normalized spacial score (nSPS) is 13.6. The SMILES string of the molecule is CCC(C)N(C)CCNS(=O)(=O)Cc1cccc(CO)c1. The fraction of sp³-hybridized carbons (Fsp3) is 0.600. The molecule has 0 saturated carbocycles. The number of nitrogens with zero attached hydrogens (tertiary/aromatic N) is 1. The van der Waals surface area contributed by atoms with E-state index in [0.29, 0.717) is 24.7 Å². The number of rotatable bonds is 9. The lowest BCUT2D eigenvalue weighted by Crippen LogP contribution is -2.37. The number of aliphatic hydroxyl groups excluding tert-OH is 1. The Morgan fingerprint density at radius 3 is 2.62 bits per heavy atom. The van der Waals surface area contributed by atoms with Crippen molar-refractivity contribution in [1.29, 1.82) is 0 Å². The summed E-state index contributed by atoms with van der Waals surface area (Å²) in [6, 6.07) is 7.43. The Hall–Kier alpha value is -0.950. The molecule has 1 aromatic rings. The van der Waals surface area contributed by atoms with Crippen LogP contribution >= 0.6 is 0 Å². The summed E-state index contributed by atoms with van der Waals surface area (Å²) in [5.74, 6) is -0.0616. The Bertz CT molecular complexity index is 531. The summed E-state index contributed by atoms with van der Waals surface area (Å²) in [4.78, 5) is 2.13. The lowest BCUT2D eigenvalue weighted by molar-refractivity contribution is 0.256. The Labute approximate surface area is 128 Å². The summed E-state index contributed by atoms with van der Waals surface area (Å²) < 4.78 is 26.7. The molecule has 0 aromatic heterocycles. The van der Waals surface area contributed by atoms with Crippen molar-refractivity contribution in [2.75, 3.05) is 20.1 Å². The Kier molecular flexibility index (Phi) is 7.31. The molecule has 5 nitrogen and oxygen atoms in total. The summed E-state index contributed by atoms with van der Waals surface area (Å²) in [5, 5.41) is 9.07. The van der Waals surface area contributed by atoms with Gasteiger partial charge in [0.15, 0.2) is 0 Å². The molecule has 6 heteroatoms. The van der Waals surface area contributed by atoms with Crippen LogP contribution in [0.2, 0.25) is 0 Å². The van der Waals surface area contributed by atoms with Crippen LogP contribution in [0.1, 0.15) is 31.4 Å². The largest absolute Gasteiger partial charge is 0.392 e. The van der Waals surface area contributed by atoms with Gasteiger partial charge in [0.2, 0.25) is 10.0 Å². The van der Waals surface area contributed by atoms with E-state index in [9.17, 15) is 8.42 Å². The average Bonchev–Trinajstić information content (AvgIpc) is 2.45. The van der Waals surface area contributed by atoms with Gasteiger partial charge in [0.1, 0.15) is 0 Å². The standard InChI is InChI=1S/C15H26N2O3S/c1-4-13(2)17(3)9-8-16-21(19,20)12-15-7-5-6-14(10-15)11-18/h5-7,10,13,16,18H,4,8-9,11-12H2,1-3H3. The van der Waals surface area contributed by atoms with Crippen LogP contribution in [0, 0.1) is 0 Å². The van der Waals surface area contributed by atoms with Gasteiger partial charge in [-0.15, -0.1) is 0 Å². The molecule has 0 aliphatic heterocycles. The quantitative estimate of drug-likeness (QED) is 0.721. The predicted molar refractivity (Wildman–Crippen MR) is 85.4 cm³/mol. The highest BCUT2D eigenvalue weighted by Crippen LogP contribution is 2.08. The maximum atomic E-state index is 12.0. The minimum Gasteiger partial charge on any atom is -0.392 e. The molecule has 0 fully saturated rings. The average molecular weight is 314 g/mol. The molecule has 120 valence electrons. The van der Waals surface area contributed by atoms with Crippen molar-refractivity contribution in [1.82, 2.24) is 9.62 Å². The van der Waals surface area contributed by atoms with Crippen molar-refractivity contribution in [2.45, 2.75) is 38.7 Å². The van der Waals surface area contributed by atoms with Crippen LogP contribution in [0.3, 0.4) is 0 Å². The molecule has 1 unspecified atom stereocenters. The Balaban J connectivity index is 2.50. The van der Waals surface area contributed by atoms with Crippen molar-refractivity contribution < 1.29 is 13.5 Å². The maximum absolute atomic E-state index is 12.0. The molecule has 0 amide bonds. The number of hydrogen-bond donors (Lipinski definition) is 2. The van der Waals surface area contributed by atoms with Gasteiger partial charge in [-0.1, -0.05) is 31.2 Å². The van der Waals surface area contributed by atoms with E-state index in [0.717, 1.165) is 12.0 Å². The first-order chi connectivity index (χ1) is 9.88. The van der Waals surface area contributed by atoms with Gasteiger partial charge in [-0.05, 0) is 31.5 Å². The first-order valence-corrected chi connectivity index (χ1v) is 8.89. The zero-order valence-electron chi connectivity index (χ0n) is 13.0. The van der Waals surface area contributed by atoms with E-state index in [-0.39, 0.29) is 12.4 Å². The van der Waals surface area contributed by atoms with Crippen LogP contribution in [-0.4, -0.2) is 44.6 Å². The first kappa shape index (κ1) is 18.1. The van der Waals surface area contributed by atoms with Crippen LogP contribution in [-0.2, 0) is 22.4 Å². The monoisotopic (exact) mass is 314 g/mol. The molecule has 1 atom stereocenters. The Morgan fingerprint density at radius 1 is 1.33 bits per heavy atom. The second-order valence-corrected chi connectivity index (χ2v) is 7.18. The topological polar surface area (TPSA) is 69.6 Å². The third kappa shape index (κ3) is 6.56. The molecule has 0 radical (unpaired) electrons. The van der Waals surface area contributed by atoms with Crippen LogP contribution in [0.15, 0.2) is 24.3 Å². The summed E-state index contributed by atoms with van der Waals surface area (Å²) in [5.41, 5.74) is 1.41. The van der Waals surface area contributed by atoms with E-state index in [1.54, 1.807) is 24.3 Å². The van der Waals surface area contributed by atoms with E-state index >= 15 is 0 Å².